The number of Topliss-reactive ketones (excluding diaryl/α,β-unsaturated/α-hetero) is 2. The van der Waals surface area contributed by atoms with Crippen LogP contribution in [-0.4, -0.2) is 24.6 Å². The summed E-state index contributed by atoms with van der Waals surface area (Å²) in [4.78, 5) is 35.7. The van der Waals surface area contributed by atoms with Crippen LogP contribution in [0.25, 0.3) is 0 Å². The highest BCUT2D eigenvalue weighted by Gasteiger charge is 2.38. The average Bonchev–Trinajstić information content (AvgIpc) is 2.94. The maximum atomic E-state index is 12.4. The number of allylic oxidation sites excluding steroid dienone is 2. The Morgan fingerprint density at radius 1 is 1.04 bits per heavy atom. The fourth-order valence-corrected chi connectivity index (χ4v) is 4.25. The van der Waals surface area contributed by atoms with Crippen molar-refractivity contribution in [2.24, 2.45) is 17.8 Å². The molecule has 0 aromatic rings. The van der Waals surface area contributed by atoms with Gasteiger partial charge in [-0.2, -0.15) is 0 Å². The Morgan fingerprint density at radius 3 is 2.50 bits per heavy atom. The van der Waals surface area contributed by atoms with Crippen LogP contribution in [0.15, 0.2) is 12.2 Å². The van der Waals surface area contributed by atoms with Crippen LogP contribution in [0.2, 0.25) is 0 Å². The number of carbonyl (C=O) groups excluding carboxylic acids is 3. The van der Waals surface area contributed by atoms with Gasteiger partial charge in [0.05, 0.1) is 7.11 Å². The van der Waals surface area contributed by atoms with Crippen LogP contribution >= 0.6 is 0 Å². The second-order valence-corrected chi connectivity index (χ2v) is 8.34. The minimum atomic E-state index is -0.178. The summed E-state index contributed by atoms with van der Waals surface area (Å²) in [5.74, 6) is 1.30. The summed E-state index contributed by atoms with van der Waals surface area (Å²) in [6.07, 6.45) is 15.6. The molecule has 0 spiro atoms. The van der Waals surface area contributed by atoms with Gasteiger partial charge in [0.1, 0.15) is 11.6 Å². The molecule has 0 unspecified atom stereocenters. The monoisotopic (exact) mass is 392 g/mol. The third-order valence-electron chi connectivity index (χ3n) is 6.04. The Bertz CT molecular complexity index is 509. The molecule has 0 aromatic heterocycles. The topological polar surface area (TPSA) is 60.4 Å². The zero-order valence-corrected chi connectivity index (χ0v) is 18.2. The molecule has 28 heavy (non-hydrogen) atoms. The van der Waals surface area contributed by atoms with Gasteiger partial charge in [-0.3, -0.25) is 14.4 Å². The van der Waals surface area contributed by atoms with Gasteiger partial charge < -0.3 is 4.74 Å². The van der Waals surface area contributed by atoms with Gasteiger partial charge >= 0.3 is 5.97 Å². The molecule has 4 heteroatoms. The third kappa shape index (κ3) is 9.66. The molecule has 0 heterocycles. The van der Waals surface area contributed by atoms with E-state index in [1.54, 1.807) is 0 Å². The summed E-state index contributed by atoms with van der Waals surface area (Å²) < 4.78 is 4.63. The first kappa shape index (κ1) is 24.6. The molecule has 0 radical (unpaired) electrons. The SMILES string of the molecule is CCCCCCCC(=O)CC[C@@H]1[C@H](C)CC(=O)[C@@H]1C/C=C\CCCC(=O)OC. The standard InChI is InChI=1S/C24H40O4/c1-4-5-6-7-10-13-20(25)16-17-21-19(2)18-23(26)22(21)14-11-8-9-12-15-24(27)28-3/h8,11,19,21-22H,4-7,9-10,12-18H2,1-3H3/b11-8-/t19-,21-,22-/m1/s1. The van der Waals surface area contributed by atoms with Gasteiger partial charge in [0.15, 0.2) is 0 Å². The Hall–Kier alpha value is -1.45. The Kier molecular flexibility index (Phi) is 12.8. The van der Waals surface area contributed by atoms with Crippen molar-refractivity contribution in [3.05, 3.63) is 12.2 Å². The first-order valence-electron chi connectivity index (χ1n) is 11.3. The summed E-state index contributed by atoms with van der Waals surface area (Å²) in [6.45, 7) is 4.35. The predicted molar refractivity (Wildman–Crippen MR) is 113 cm³/mol. The number of ether oxygens (including phenoxy) is 1. The molecule has 0 bridgehead atoms. The largest absolute Gasteiger partial charge is 0.469 e. The molecule has 1 rings (SSSR count). The number of carbonyl (C=O) groups is 3. The lowest BCUT2D eigenvalue weighted by molar-refractivity contribution is -0.140. The van der Waals surface area contributed by atoms with Crippen molar-refractivity contribution in [1.82, 2.24) is 0 Å². The minimum Gasteiger partial charge on any atom is -0.469 e. The van der Waals surface area contributed by atoms with E-state index < -0.39 is 0 Å². The summed E-state index contributed by atoms with van der Waals surface area (Å²) in [5.41, 5.74) is 0. The van der Waals surface area contributed by atoms with Crippen LogP contribution in [-0.2, 0) is 19.1 Å². The van der Waals surface area contributed by atoms with Crippen molar-refractivity contribution in [2.45, 2.75) is 97.3 Å². The summed E-state index contributed by atoms with van der Waals surface area (Å²) in [7, 11) is 1.41. The van der Waals surface area contributed by atoms with Gasteiger partial charge in [0.2, 0.25) is 0 Å². The number of hydrogen-bond donors (Lipinski definition) is 0. The number of unbranched alkanes of at least 4 members (excludes halogenated alkanes) is 5. The highest BCUT2D eigenvalue weighted by molar-refractivity contribution is 5.84. The van der Waals surface area contributed by atoms with E-state index in [1.165, 1.54) is 26.4 Å². The summed E-state index contributed by atoms with van der Waals surface area (Å²) in [5, 5.41) is 0. The number of methoxy groups -OCH3 is 1. The molecule has 0 aliphatic heterocycles. The van der Waals surface area contributed by atoms with Crippen LogP contribution < -0.4 is 0 Å². The van der Waals surface area contributed by atoms with Crippen LogP contribution in [0.4, 0.5) is 0 Å². The Morgan fingerprint density at radius 2 is 1.79 bits per heavy atom. The molecular weight excluding hydrogens is 352 g/mol. The normalized spacial score (nSPS) is 22.1. The number of rotatable bonds is 15. The van der Waals surface area contributed by atoms with Crippen molar-refractivity contribution in [3.8, 4) is 0 Å². The second-order valence-electron chi connectivity index (χ2n) is 8.34. The van der Waals surface area contributed by atoms with Gasteiger partial charge in [0.25, 0.3) is 0 Å². The second kappa shape index (κ2) is 14.5. The lowest BCUT2D eigenvalue weighted by atomic mass is 9.83. The van der Waals surface area contributed by atoms with Crippen molar-refractivity contribution in [1.29, 1.82) is 0 Å². The summed E-state index contributed by atoms with van der Waals surface area (Å²) >= 11 is 0. The van der Waals surface area contributed by atoms with Gasteiger partial charge in [-0.25, -0.2) is 0 Å². The molecule has 1 fully saturated rings. The van der Waals surface area contributed by atoms with E-state index >= 15 is 0 Å². The van der Waals surface area contributed by atoms with Crippen molar-refractivity contribution < 1.29 is 19.1 Å². The zero-order chi connectivity index (χ0) is 20.8. The van der Waals surface area contributed by atoms with Gasteiger partial charge in [0, 0.05) is 31.6 Å². The van der Waals surface area contributed by atoms with Crippen molar-refractivity contribution in [3.63, 3.8) is 0 Å². The van der Waals surface area contributed by atoms with E-state index in [0.29, 0.717) is 49.1 Å². The maximum Gasteiger partial charge on any atom is 0.305 e. The molecule has 160 valence electrons. The molecule has 4 nitrogen and oxygen atoms in total. The number of ketones is 2. The molecule has 1 aliphatic rings. The van der Waals surface area contributed by atoms with Crippen LogP contribution in [0.5, 0.6) is 0 Å². The van der Waals surface area contributed by atoms with Crippen LogP contribution in [0, 0.1) is 17.8 Å². The van der Waals surface area contributed by atoms with E-state index in [0.717, 1.165) is 38.5 Å². The van der Waals surface area contributed by atoms with E-state index in [1.807, 2.05) is 0 Å². The van der Waals surface area contributed by atoms with E-state index in [-0.39, 0.29) is 11.9 Å². The van der Waals surface area contributed by atoms with E-state index in [9.17, 15) is 14.4 Å². The molecule has 1 aliphatic carbocycles. The van der Waals surface area contributed by atoms with Crippen LogP contribution in [0.1, 0.15) is 97.3 Å². The lowest BCUT2D eigenvalue weighted by Crippen LogP contribution is -2.17. The third-order valence-corrected chi connectivity index (χ3v) is 6.04. The molecule has 0 saturated heterocycles. The molecular formula is C24H40O4. The first-order chi connectivity index (χ1) is 13.5. The number of esters is 1. The fraction of sp³-hybridized carbons (Fsp3) is 0.792. The molecule has 0 N–H and O–H groups in total. The van der Waals surface area contributed by atoms with Crippen molar-refractivity contribution >= 4 is 17.5 Å². The highest BCUT2D eigenvalue weighted by atomic mass is 16.5. The van der Waals surface area contributed by atoms with E-state index in [4.69, 9.17) is 0 Å². The van der Waals surface area contributed by atoms with Gasteiger partial charge in [-0.05, 0) is 43.9 Å². The summed E-state index contributed by atoms with van der Waals surface area (Å²) in [6, 6.07) is 0. The van der Waals surface area contributed by atoms with Gasteiger partial charge in [-0.1, -0.05) is 51.7 Å². The molecule has 0 amide bonds. The van der Waals surface area contributed by atoms with Gasteiger partial charge in [-0.15, -0.1) is 0 Å². The Labute approximate surface area is 171 Å². The van der Waals surface area contributed by atoms with Crippen molar-refractivity contribution in [2.75, 3.05) is 7.11 Å². The molecule has 0 aromatic carbocycles. The van der Waals surface area contributed by atoms with E-state index in [2.05, 4.69) is 30.7 Å². The molecule has 1 saturated carbocycles. The smallest absolute Gasteiger partial charge is 0.305 e. The van der Waals surface area contributed by atoms with Crippen LogP contribution in [0.3, 0.4) is 0 Å². The average molecular weight is 393 g/mol. The minimum absolute atomic E-state index is 0.0595. The highest BCUT2D eigenvalue weighted by Crippen LogP contribution is 2.39. The lowest BCUT2D eigenvalue weighted by Gasteiger charge is -2.20. The quantitative estimate of drug-likeness (QED) is 0.200. The molecule has 3 atom stereocenters. The zero-order valence-electron chi connectivity index (χ0n) is 18.2. The Balaban J connectivity index is 2.33. The fourth-order valence-electron chi connectivity index (χ4n) is 4.25. The maximum absolute atomic E-state index is 12.4. The first-order valence-corrected chi connectivity index (χ1v) is 11.3. The predicted octanol–water partition coefficient (Wildman–Crippen LogP) is 5.83. The number of hydrogen-bond acceptors (Lipinski definition) is 4.